The van der Waals surface area contributed by atoms with Crippen LogP contribution >= 0.6 is 0 Å². The van der Waals surface area contributed by atoms with Gasteiger partial charge in [-0.2, -0.15) is 13.2 Å². The second kappa shape index (κ2) is 11.2. The standard InChI is InChI=1S/C19H30N2O4.C2HF3O2/c1-15-5-6-16(25-15)11-21-9-7-17-19(13-21,8-4-10-24-17)14-23-12-18(22)20(2)3;3-2(4,5)1(6)7/h5-6,17H,4,7-14H2,1-3H3;(H,6,7). The molecule has 0 aliphatic carbocycles. The van der Waals surface area contributed by atoms with Gasteiger partial charge in [-0.05, 0) is 38.3 Å². The number of carbonyl (C=O) groups is 2. The summed E-state index contributed by atoms with van der Waals surface area (Å²) in [4.78, 5) is 24.7. The average Bonchev–Trinajstić information content (AvgIpc) is 3.11. The Kier molecular flexibility index (Phi) is 9.11. The predicted molar refractivity (Wildman–Crippen MR) is 108 cm³/mol. The van der Waals surface area contributed by atoms with Crippen molar-refractivity contribution in [2.45, 2.75) is 45.0 Å². The van der Waals surface area contributed by atoms with Gasteiger partial charge in [-0.15, -0.1) is 0 Å². The van der Waals surface area contributed by atoms with E-state index in [0.29, 0.717) is 6.61 Å². The van der Waals surface area contributed by atoms with Gasteiger partial charge in [0, 0.05) is 39.2 Å². The monoisotopic (exact) mass is 464 g/mol. The number of carbonyl (C=O) groups excluding carboxylic acids is 1. The van der Waals surface area contributed by atoms with Crippen LogP contribution in [0.15, 0.2) is 16.5 Å². The van der Waals surface area contributed by atoms with Crippen molar-refractivity contribution < 1.29 is 41.8 Å². The second-order valence-electron chi connectivity index (χ2n) is 8.42. The minimum absolute atomic E-state index is 0.00315. The number of hydrogen-bond acceptors (Lipinski definition) is 6. The molecule has 1 amide bonds. The molecule has 2 fully saturated rings. The van der Waals surface area contributed by atoms with Crippen molar-refractivity contribution in [3.63, 3.8) is 0 Å². The molecule has 3 heterocycles. The number of likely N-dealkylation sites (N-methyl/N-ethyl adjacent to an activating group) is 1. The lowest BCUT2D eigenvalue weighted by Gasteiger charge is -2.50. The highest BCUT2D eigenvalue weighted by molar-refractivity contribution is 5.76. The molecule has 11 heteroatoms. The molecule has 3 rings (SSSR count). The molecular formula is C21H31F3N2O6. The molecule has 2 aliphatic heterocycles. The predicted octanol–water partition coefficient (Wildman–Crippen LogP) is 2.70. The summed E-state index contributed by atoms with van der Waals surface area (Å²) in [6.45, 7) is 6.27. The number of carboxylic acids is 1. The smallest absolute Gasteiger partial charge is 0.475 e. The molecule has 0 aromatic carbocycles. The van der Waals surface area contributed by atoms with Crippen molar-refractivity contribution >= 4 is 11.9 Å². The fourth-order valence-corrected chi connectivity index (χ4v) is 3.99. The van der Waals surface area contributed by atoms with E-state index in [1.165, 1.54) is 0 Å². The van der Waals surface area contributed by atoms with E-state index in [-0.39, 0.29) is 24.0 Å². The van der Waals surface area contributed by atoms with Crippen LogP contribution < -0.4 is 0 Å². The Morgan fingerprint density at radius 1 is 1.34 bits per heavy atom. The third-order valence-corrected chi connectivity index (χ3v) is 5.60. The molecule has 2 saturated heterocycles. The lowest BCUT2D eigenvalue weighted by atomic mass is 9.73. The molecule has 0 radical (unpaired) electrons. The molecule has 2 atom stereocenters. The van der Waals surface area contributed by atoms with Crippen molar-refractivity contribution in [2.24, 2.45) is 5.41 Å². The van der Waals surface area contributed by atoms with Crippen LogP contribution in [0.1, 0.15) is 30.8 Å². The molecule has 0 spiro atoms. The van der Waals surface area contributed by atoms with Gasteiger partial charge in [0.2, 0.25) is 5.91 Å². The van der Waals surface area contributed by atoms with Crippen LogP contribution in [0.5, 0.6) is 0 Å². The minimum atomic E-state index is -5.08. The van der Waals surface area contributed by atoms with Crippen LogP contribution in [0.2, 0.25) is 0 Å². The number of fused-ring (bicyclic) bond motifs is 1. The number of aryl methyl sites for hydroxylation is 1. The van der Waals surface area contributed by atoms with Gasteiger partial charge in [0.1, 0.15) is 18.1 Å². The van der Waals surface area contributed by atoms with Gasteiger partial charge in [-0.25, -0.2) is 4.79 Å². The van der Waals surface area contributed by atoms with E-state index in [9.17, 15) is 18.0 Å². The summed E-state index contributed by atoms with van der Waals surface area (Å²) in [7, 11) is 3.51. The number of likely N-dealkylation sites (tertiary alicyclic amines) is 1. The van der Waals surface area contributed by atoms with Crippen molar-refractivity contribution in [3.8, 4) is 0 Å². The number of aliphatic carboxylic acids is 1. The lowest BCUT2D eigenvalue weighted by Crippen LogP contribution is -2.56. The van der Waals surface area contributed by atoms with Gasteiger partial charge in [0.25, 0.3) is 0 Å². The van der Waals surface area contributed by atoms with Crippen LogP contribution in [-0.2, 0) is 25.6 Å². The van der Waals surface area contributed by atoms with E-state index in [4.69, 9.17) is 23.8 Å². The Morgan fingerprint density at radius 3 is 2.59 bits per heavy atom. The molecule has 1 N–H and O–H groups in total. The Morgan fingerprint density at radius 2 is 2.03 bits per heavy atom. The first-order valence-corrected chi connectivity index (χ1v) is 10.4. The fraction of sp³-hybridized carbons (Fsp3) is 0.714. The highest BCUT2D eigenvalue weighted by Crippen LogP contribution is 2.40. The summed E-state index contributed by atoms with van der Waals surface area (Å²) < 4.78 is 49.4. The van der Waals surface area contributed by atoms with Crippen LogP contribution in [0.3, 0.4) is 0 Å². The maximum Gasteiger partial charge on any atom is 0.490 e. The molecule has 2 unspecified atom stereocenters. The average molecular weight is 464 g/mol. The van der Waals surface area contributed by atoms with Crippen LogP contribution in [0.4, 0.5) is 13.2 Å². The maximum atomic E-state index is 11.8. The SMILES string of the molecule is Cc1ccc(CN2CCC3OCCCC3(COCC(=O)N(C)C)C2)o1.O=C(O)C(F)(F)F. The first-order chi connectivity index (χ1) is 14.9. The summed E-state index contributed by atoms with van der Waals surface area (Å²) in [6, 6.07) is 4.06. The quantitative estimate of drug-likeness (QED) is 0.692. The molecule has 182 valence electrons. The number of ether oxygens (including phenoxy) is 2. The van der Waals surface area contributed by atoms with E-state index in [2.05, 4.69) is 11.0 Å². The number of hydrogen-bond donors (Lipinski definition) is 1. The third kappa shape index (κ3) is 7.49. The normalized spacial score (nSPS) is 23.6. The second-order valence-corrected chi connectivity index (χ2v) is 8.42. The van der Waals surface area contributed by atoms with E-state index in [1.807, 2.05) is 13.0 Å². The number of rotatable bonds is 6. The first kappa shape index (κ1) is 26.1. The molecule has 0 saturated carbocycles. The number of amides is 1. The number of carboxylic acid groups (broad SMARTS) is 1. The zero-order valence-corrected chi connectivity index (χ0v) is 18.6. The summed E-state index contributed by atoms with van der Waals surface area (Å²) >= 11 is 0. The highest BCUT2D eigenvalue weighted by atomic mass is 19.4. The molecule has 0 bridgehead atoms. The van der Waals surface area contributed by atoms with Gasteiger partial charge in [0.05, 0.1) is 19.3 Å². The number of nitrogens with zero attached hydrogens (tertiary/aromatic N) is 2. The summed E-state index contributed by atoms with van der Waals surface area (Å²) in [5.41, 5.74) is -0.0231. The van der Waals surface area contributed by atoms with Gasteiger partial charge in [-0.1, -0.05) is 0 Å². The van der Waals surface area contributed by atoms with Gasteiger partial charge < -0.3 is 23.9 Å². The maximum absolute atomic E-state index is 11.8. The van der Waals surface area contributed by atoms with Crippen LogP contribution in [-0.4, -0.2) is 86.1 Å². The van der Waals surface area contributed by atoms with Gasteiger partial charge in [0.15, 0.2) is 0 Å². The zero-order chi connectivity index (χ0) is 23.9. The summed E-state index contributed by atoms with van der Waals surface area (Å²) in [6.07, 6.45) is -1.72. The van der Waals surface area contributed by atoms with Gasteiger partial charge >= 0.3 is 12.1 Å². The lowest BCUT2D eigenvalue weighted by molar-refractivity contribution is -0.192. The highest BCUT2D eigenvalue weighted by Gasteiger charge is 2.46. The van der Waals surface area contributed by atoms with Crippen molar-refractivity contribution in [1.29, 1.82) is 0 Å². The van der Waals surface area contributed by atoms with Crippen LogP contribution in [0, 0.1) is 12.3 Å². The van der Waals surface area contributed by atoms with Crippen molar-refractivity contribution in [3.05, 3.63) is 23.7 Å². The Labute approximate surface area is 185 Å². The molecule has 2 aliphatic rings. The Hall–Kier alpha value is -2.11. The number of furan rings is 1. The molecule has 32 heavy (non-hydrogen) atoms. The molecule has 1 aromatic heterocycles. The minimum Gasteiger partial charge on any atom is -0.475 e. The zero-order valence-electron chi connectivity index (χ0n) is 18.6. The summed E-state index contributed by atoms with van der Waals surface area (Å²) in [5.74, 6) is -0.798. The molecular weight excluding hydrogens is 433 g/mol. The fourth-order valence-electron chi connectivity index (χ4n) is 3.99. The van der Waals surface area contributed by atoms with Crippen molar-refractivity contribution in [1.82, 2.24) is 9.80 Å². The number of alkyl halides is 3. The first-order valence-electron chi connectivity index (χ1n) is 10.4. The van der Waals surface area contributed by atoms with E-state index < -0.39 is 12.1 Å². The topological polar surface area (TPSA) is 92.5 Å². The van der Waals surface area contributed by atoms with Crippen LogP contribution in [0.25, 0.3) is 0 Å². The number of halogens is 3. The third-order valence-electron chi connectivity index (χ3n) is 5.60. The molecule has 8 nitrogen and oxygen atoms in total. The Bertz CT molecular complexity index is 767. The number of piperidine rings is 1. The van der Waals surface area contributed by atoms with E-state index >= 15 is 0 Å². The largest absolute Gasteiger partial charge is 0.490 e. The van der Waals surface area contributed by atoms with E-state index in [1.54, 1.807) is 19.0 Å². The Balaban J connectivity index is 0.000000451. The van der Waals surface area contributed by atoms with Gasteiger partial charge in [-0.3, -0.25) is 9.69 Å². The molecule has 1 aromatic rings. The summed E-state index contributed by atoms with van der Waals surface area (Å²) in [5, 5.41) is 7.12. The van der Waals surface area contributed by atoms with Crippen molar-refractivity contribution in [2.75, 3.05) is 47.0 Å². The van der Waals surface area contributed by atoms with E-state index in [0.717, 1.165) is 57.0 Å².